The molecule has 1 amide bonds. The van der Waals surface area contributed by atoms with Gasteiger partial charge in [0.25, 0.3) is 0 Å². The molecule has 37 heavy (non-hydrogen) atoms. The number of para-hydroxylation sites is 2. The van der Waals surface area contributed by atoms with Gasteiger partial charge in [-0.2, -0.15) is 0 Å². The summed E-state index contributed by atoms with van der Waals surface area (Å²) in [5.41, 5.74) is 8.02. The van der Waals surface area contributed by atoms with Gasteiger partial charge in [0.05, 0.1) is 16.6 Å². The van der Waals surface area contributed by atoms with Crippen LogP contribution in [-0.4, -0.2) is 21.1 Å². The van der Waals surface area contributed by atoms with Gasteiger partial charge in [-0.25, -0.2) is 4.98 Å². The standard InChI is InChI=1S/C32H29N3OS/c1-22-14-18-25(19-15-22)29-30(26-20-16-23(2)17-21-26)34-32(33-29)37-24(3)31(36)35(27-10-6-4-7-11-27)28-12-8-5-9-13-28/h4-21,24H,1-3H3,(H,33,34). The van der Waals surface area contributed by atoms with Crippen LogP contribution >= 0.6 is 11.8 Å². The number of aromatic amines is 1. The number of imidazole rings is 1. The van der Waals surface area contributed by atoms with Gasteiger partial charge in [-0.05, 0) is 45.0 Å². The molecule has 1 atom stereocenters. The van der Waals surface area contributed by atoms with Gasteiger partial charge in [0, 0.05) is 22.5 Å². The Labute approximate surface area is 222 Å². The van der Waals surface area contributed by atoms with Gasteiger partial charge >= 0.3 is 0 Å². The van der Waals surface area contributed by atoms with Crippen molar-refractivity contribution in [1.82, 2.24) is 9.97 Å². The summed E-state index contributed by atoms with van der Waals surface area (Å²) in [6.45, 7) is 6.10. The van der Waals surface area contributed by atoms with Gasteiger partial charge in [-0.3, -0.25) is 9.69 Å². The van der Waals surface area contributed by atoms with Crippen molar-refractivity contribution in [1.29, 1.82) is 0 Å². The lowest BCUT2D eigenvalue weighted by atomic mass is 10.0. The number of hydrogen-bond donors (Lipinski definition) is 1. The summed E-state index contributed by atoms with van der Waals surface area (Å²) in [7, 11) is 0. The van der Waals surface area contributed by atoms with Crippen molar-refractivity contribution in [3.8, 4) is 22.5 Å². The predicted octanol–water partition coefficient (Wildman–Crippen LogP) is 8.21. The molecule has 0 fully saturated rings. The number of carbonyl (C=O) groups is 1. The second kappa shape index (κ2) is 10.9. The number of aromatic nitrogens is 2. The van der Waals surface area contributed by atoms with Crippen molar-refractivity contribution in [2.45, 2.75) is 31.2 Å². The molecule has 0 spiro atoms. The molecule has 0 saturated heterocycles. The number of nitrogens with zero attached hydrogens (tertiary/aromatic N) is 2. The fourth-order valence-corrected chi connectivity index (χ4v) is 5.06. The van der Waals surface area contributed by atoms with Gasteiger partial charge in [0.1, 0.15) is 0 Å². The lowest BCUT2D eigenvalue weighted by molar-refractivity contribution is -0.117. The number of rotatable bonds is 7. The number of aryl methyl sites for hydroxylation is 2. The Morgan fingerprint density at radius 1 is 0.730 bits per heavy atom. The van der Waals surface area contributed by atoms with E-state index in [1.54, 1.807) is 4.90 Å². The Morgan fingerprint density at radius 3 is 1.73 bits per heavy atom. The van der Waals surface area contributed by atoms with Gasteiger partial charge in [-0.1, -0.05) is 108 Å². The van der Waals surface area contributed by atoms with E-state index in [0.717, 1.165) is 33.9 Å². The maximum absolute atomic E-state index is 13.8. The highest BCUT2D eigenvalue weighted by Crippen LogP contribution is 2.35. The molecule has 1 N–H and O–H groups in total. The zero-order chi connectivity index (χ0) is 25.8. The van der Waals surface area contributed by atoms with Gasteiger partial charge in [0.15, 0.2) is 5.16 Å². The second-order valence-electron chi connectivity index (χ2n) is 9.10. The largest absolute Gasteiger partial charge is 0.332 e. The summed E-state index contributed by atoms with van der Waals surface area (Å²) >= 11 is 1.44. The highest BCUT2D eigenvalue weighted by molar-refractivity contribution is 8.00. The first-order valence-electron chi connectivity index (χ1n) is 12.3. The van der Waals surface area contributed by atoms with Gasteiger partial charge < -0.3 is 4.98 Å². The van der Waals surface area contributed by atoms with Crippen molar-refractivity contribution >= 4 is 29.0 Å². The summed E-state index contributed by atoms with van der Waals surface area (Å²) in [5.74, 6) is -0.00688. The van der Waals surface area contributed by atoms with E-state index in [4.69, 9.17) is 4.98 Å². The van der Waals surface area contributed by atoms with E-state index in [1.807, 2.05) is 67.6 Å². The van der Waals surface area contributed by atoms with Crippen LogP contribution in [0, 0.1) is 13.8 Å². The Kier molecular flexibility index (Phi) is 7.24. The lowest BCUT2D eigenvalue weighted by Crippen LogP contribution is -2.32. The van der Waals surface area contributed by atoms with Crippen LogP contribution in [0.5, 0.6) is 0 Å². The zero-order valence-electron chi connectivity index (χ0n) is 21.2. The molecule has 0 bridgehead atoms. The molecule has 4 aromatic carbocycles. The van der Waals surface area contributed by atoms with Crippen LogP contribution < -0.4 is 4.90 Å². The molecule has 5 aromatic rings. The Balaban J connectivity index is 1.48. The SMILES string of the molecule is Cc1ccc(-c2nc(SC(C)C(=O)N(c3ccccc3)c3ccccc3)[nH]c2-c2ccc(C)cc2)cc1. The molecule has 1 unspecified atom stereocenters. The minimum atomic E-state index is -0.372. The van der Waals surface area contributed by atoms with Gasteiger partial charge in [-0.15, -0.1) is 0 Å². The molecule has 1 heterocycles. The van der Waals surface area contributed by atoms with E-state index in [1.165, 1.54) is 22.9 Å². The van der Waals surface area contributed by atoms with Crippen molar-refractivity contribution in [3.05, 3.63) is 120 Å². The van der Waals surface area contributed by atoms with E-state index in [0.29, 0.717) is 5.16 Å². The predicted molar refractivity (Wildman–Crippen MR) is 154 cm³/mol. The van der Waals surface area contributed by atoms with E-state index in [2.05, 4.69) is 67.4 Å². The number of thioether (sulfide) groups is 1. The Hall–Kier alpha value is -4.09. The molecule has 0 aliphatic heterocycles. The lowest BCUT2D eigenvalue weighted by Gasteiger charge is -2.25. The fourth-order valence-electron chi connectivity index (χ4n) is 4.21. The quantitative estimate of drug-likeness (QED) is 0.228. The van der Waals surface area contributed by atoms with Crippen molar-refractivity contribution in [3.63, 3.8) is 0 Å². The third-order valence-corrected chi connectivity index (χ3v) is 7.20. The van der Waals surface area contributed by atoms with E-state index >= 15 is 0 Å². The second-order valence-corrected chi connectivity index (χ2v) is 10.4. The van der Waals surface area contributed by atoms with Crippen molar-refractivity contribution < 1.29 is 4.79 Å². The Morgan fingerprint density at radius 2 is 1.22 bits per heavy atom. The van der Waals surface area contributed by atoms with Gasteiger partial charge in [0.2, 0.25) is 5.91 Å². The van der Waals surface area contributed by atoms with Crippen molar-refractivity contribution in [2.24, 2.45) is 0 Å². The zero-order valence-corrected chi connectivity index (χ0v) is 22.0. The van der Waals surface area contributed by atoms with Crippen LogP contribution in [0.15, 0.2) is 114 Å². The molecule has 5 rings (SSSR count). The third kappa shape index (κ3) is 5.52. The molecule has 1 aromatic heterocycles. The average molecular weight is 504 g/mol. The summed E-state index contributed by atoms with van der Waals surface area (Å²) in [6, 6.07) is 36.3. The first-order chi connectivity index (χ1) is 18.0. The molecule has 0 aliphatic carbocycles. The molecular formula is C32H29N3OS. The van der Waals surface area contributed by atoms with Crippen LogP contribution in [0.3, 0.4) is 0 Å². The molecule has 0 radical (unpaired) electrons. The van der Waals surface area contributed by atoms with Crippen LogP contribution in [0.4, 0.5) is 11.4 Å². The Bertz CT molecular complexity index is 1370. The average Bonchev–Trinajstić information content (AvgIpc) is 3.34. The normalized spacial score (nSPS) is 11.8. The molecule has 4 nitrogen and oxygen atoms in total. The monoisotopic (exact) mass is 503 g/mol. The molecule has 0 saturated carbocycles. The van der Waals surface area contributed by atoms with Crippen LogP contribution in [0.2, 0.25) is 0 Å². The summed E-state index contributed by atoms with van der Waals surface area (Å²) in [4.78, 5) is 24.1. The molecule has 184 valence electrons. The number of anilines is 2. The minimum absolute atomic E-state index is 0.00688. The van der Waals surface area contributed by atoms with Crippen molar-refractivity contribution in [2.75, 3.05) is 4.90 Å². The number of nitrogens with one attached hydrogen (secondary N) is 1. The molecular weight excluding hydrogens is 474 g/mol. The third-order valence-electron chi connectivity index (χ3n) is 6.23. The molecule has 0 aliphatic rings. The number of H-pyrrole nitrogens is 1. The topological polar surface area (TPSA) is 49.0 Å². The maximum Gasteiger partial charge on any atom is 0.244 e. The number of amides is 1. The number of benzene rings is 4. The smallest absolute Gasteiger partial charge is 0.244 e. The van der Waals surface area contributed by atoms with Crippen LogP contribution in [0.25, 0.3) is 22.5 Å². The van der Waals surface area contributed by atoms with E-state index < -0.39 is 0 Å². The fraction of sp³-hybridized carbons (Fsp3) is 0.125. The summed E-state index contributed by atoms with van der Waals surface area (Å²) in [6.07, 6.45) is 0. The van der Waals surface area contributed by atoms with E-state index in [-0.39, 0.29) is 11.2 Å². The number of carbonyl (C=O) groups excluding carboxylic acids is 1. The molecule has 5 heteroatoms. The first-order valence-corrected chi connectivity index (χ1v) is 13.2. The summed E-state index contributed by atoms with van der Waals surface area (Å²) in [5, 5.41) is 0.344. The first kappa shape index (κ1) is 24.6. The minimum Gasteiger partial charge on any atom is -0.332 e. The summed E-state index contributed by atoms with van der Waals surface area (Å²) < 4.78 is 0. The maximum atomic E-state index is 13.8. The highest BCUT2D eigenvalue weighted by Gasteiger charge is 2.26. The van der Waals surface area contributed by atoms with Crippen LogP contribution in [0.1, 0.15) is 18.1 Å². The highest BCUT2D eigenvalue weighted by atomic mass is 32.2. The van der Waals surface area contributed by atoms with Crippen LogP contribution in [-0.2, 0) is 4.79 Å². The van der Waals surface area contributed by atoms with E-state index in [9.17, 15) is 4.79 Å². The number of hydrogen-bond acceptors (Lipinski definition) is 3.